The molecule has 112 valence electrons. The Bertz CT molecular complexity index is 435. The van der Waals surface area contributed by atoms with Crippen molar-refractivity contribution in [3.05, 3.63) is 28.0 Å². The number of halogens is 2. The molecule has 0 aromatic carbocycles. The number of esters is 1. The minimum atomic E-state index is -0.804. The molecule has 0 bridgehead atoms. The molecule has 1 aromatic heterocycles. The Morgan fingerprint density at radius 2 is 1.90 bits per heavy atom. The molecule has 0 aliphatic rings. The first-order valence-corrected chi connectivity index (χ1v) is 6.96. The smallest absolute Gasteiger partial charge is 0.325 e. The van der Waals surface area contributed by atoms with Crippen molar-refractivity contribution in [1.82, 2.24) is 4.98 Å². The lowest BCUT2D eigenvalue weighted by Crippen LogP contribution is -2.37. The second kappa shape index (κ2) is 8.42. The molecule has 2 N–H and O–H groups in total. The minimum Gasteiger partial charge on any atom is -0.460 e. The third-order valence-electron chi connectivity index (χ3n) is 2.26. The van der Waals surface area contributed by atoms with Crippen LogP contribution in [0.15, 0.2) is 12.1 Å². The highest BCUT2D eigenvalue weighted by Gasteiger charge is 2.15. The van der Waals surface area contributed by atoms with Crippen molar-refractivity contribution in [1.29, 1.82) is 0 Å². The van der Waals surface area contributed by atoms with Crippen LogP contribution in [0.4, 0.5) is 0 Å². The summed E-state index contributed by atoms with van der Waals surface area (Å²) in [5.74, 6) is -0.142. The molecule has 0 unspecified atom stereocenters. The number of aromatic nitrogens is 1. The fourth-order valence-corrected chi connectivity index (χ4v) is 1.86. The molecule has 1 heterocycles. The lowest BCUT2D eigenvalue weighted by atomic mass is 10.2. The molecule has 0 spiro atoms. The van der Waals surface area contributed by atoms with E-state index in [4.69, 9.17) is 38.4 Å². The van der Waals surface area contributed by atoms with Crippen LogP contribution in [0.1, 0.15) is 19.4 Å². The van der Waals surface area contributed by atoms with Crippen LogP contribution in [0.2, 0.25) is 10.3 Å². The van der Waals surface area contributed by atoms with Crippen molar-refractivity contribution in [3.63, 3.8) is 0 Å². The molecule has 1 rings (SSSR count). The fraction of sp³-hybridized carbons (Fsp3) is 0.538. The Labute approximate surface area is 128 Å². The highest BCUT2D eigenvalue weighted by molar-refractivity contribution is 6.32. The second-order valence-electron chi connectivity index (χ2n) is 4.77. The van der Waals surface area contributed by atoms with Crippen LogP contribution in [0, 0.1) is 5.92 Å². The molecule has 1 atom stereocenters. The fourth-order valence-electron chi connectivity index (χ4n) is 1.36. The molecule has 0 saturated heterocycles. The van der Waals surface area contributed by atoms with Crippen LogP contribution in [0.5, 0.6) is 0 Å². The van der Waals surface area contributed by atoms with E-state index in [1.165, 1.54) is 0 Å². The van der Waals surface area contributed by atoms with Crippen LogP contribution < -0.4 is 5.73 Å². The number of ether oxygens (including phenoxy) is 2. The number of nitrogens with zero attached hydrogens (tertiary/aromatic N) is 1. The van der Waals surface area contributed by atoms with E-state index in [0.29, 0.717) is 18.1 Å². The van der Waals surface area contributed by atoms with Crippen molar-refractivity contribution in [2.75, 3.05) is 13.2 Å². The highest BCUT2D eigenvalue weighted by Crippen LogP contribution is 2.15. The predicted octanol–water partition coefficient (Wildman–Crippen LogP) is 2.43. The standard InChI is InChI=1S/C13H18Cl2N2O3/c1-8(2)5-19-7-10(16)13(18)20-6-9-3-11(14)17-12(15)4-9/h3-4,8,10H,5-7,16H2,1-2H3/t10-/m0/s1. The van der Waals surface area contributed by atoms with Gasteiger partial charge in [-0.05, 0) is 23.6 Å². The number of hydrogen-bond donors (Lipinski definition) is 1. The van der Waals surface area contributed by atoms with Gasteiger partial charge in [0, 0.05) is 6.61 Å². The number of carbonyl (C=O) groups excluding carboxylic acids is 1. The summed E-state index contributed by atoms with van der Waals surface area (Å²) in [5, 5.41) is 0.487. The Balaban J connectivity index is 2.38. The van der Waals surface area contributed by atoms with Gasteiger partial charge in [-0.2, -0.15) is 0 Å². The van der Waals surface area contributed by atoms with Crippen molar-refractivity contribution in [2.45, 2.75) is 26.5 Å². The topological polar surface area (TPSA) is 74.4 Å². The third-order valence-corrected chi connectivity index (χ3v) is 2.64. The molecule has 0 aliphatic carbocycles. The predicted molar refractivity (Wildman–Crippen MR) is 77.7 cm³/mol. The van der Waals surface area contributed by atoms with Gasteiger partial charge < -0.3 is 15.2 Å². The van der Waals surface area contributed by atoms with E-state index in [2.05, 4.69) is 4.98 Å². The normalized spacial score (nSPS) is 12.5. The van der Waals surface area contributed by atoms with Gasteiger partial charge >= 0.3 is 5.97 Å². The lowest BCUT2D eigenvalue weighted by molar-refractivity contribution is -0.148. The van der Waals surface area contributed by atoms with E-state index >= 15 is 0 Å². The first-order valence-electron chi connectivity index (χ1n) is 6.20. The number of pyridine rings is 1. The summed E-state index contributed by atoms with van der Waals surface area (Å²) < 4.78 is 10.4. The van der Waals surface area contributed by atoms with Crippen molar-refractivity contribution in [3.8, 4) is 0 Å². The molecule has 0 radical (unpaired) electrons. The molecule has 0 fully saturated rings. The van der Waals surface area contributed by atoms with Crippen LogP contribution >= 0.6 is 23.2 Å². The molecule has 0 amide bonds. The van der Waals surface area contributed by atoms with Gasteiger partial charge in [-0.1, -0.05) is 37.0 Å². The maximum Gasteiger partial charge on any atom is 0.325 e. The maximum absolute atomic E-state index is 11.7. The Hall–Kier alpha value is -0.880. The molecule has 0 aliphatic heterocycles. The van der Waals surface area contributed by atoms with Crippen LogP contribution in [-0.4, -0.2) is 30.2 Å². The zero-order valence-electron chi connectivity index (χ0n) is 11.4. The number of rotatable bonds is 7. The van der Waals surface area contributed by atoms with E-state index in [1.54, 1.807) is 12.1 Å². The summed E-state index contributed by atoms with van der Waals surface area (Å²) >= 11 is 11.5. The van der Waals surface area contributed by atoms with Crippen LogP contribution in [-0.2, 0) is 20.9 Å². The van der Waals surface area contributed by atoms with E-state index in [0.717, 1.165) is 0 Å². The Kier molecular flexibility index (Phi) is 7.23. The van der Waals surface area contributed by atoms with Crippen molar-refractivity contribution in [2.24, 2.45) is 11.7 Å². The van der Waals surface area contributed by atoms with Gasteiger partial charge in [0.1, 0.15) is 23.0 Å². The van der Waals surface area contributed by atoms with Gasteiger partial charge in [0.25, 0.3) is 0 Å². The molecular formula is C13H18Cl2N2O3. The lowest BCUT2D eigenvalue weighted by Gasteiger charge is -2.13. The third kappa shape index (κ3) is 6.52. The van der Waals surface area contributed by atoms with Gasteiger partial charge in [-0.25, -0.2) is 4.98 Å². The second-order valence-corrected chi connectivity index (χ2v) is 5.54. The maximum atomic E-state index is 11.7. The number of hydrogen-bond acceptors (Lipinski definition) is 5. The van der Waals surface area contributed by atoms with Crippen LogP contribution in [0.3, 0.4) is 0 Å². The Morgan fingerprint density at radius 1 is 1.30 bits per heavy atom. The number of carbonyl (C=O) groups is 1. The molecule has 7 heteroatoms. The van der Waals surface area contributed by atoms with Gasteiger partial charge in [0.05, 0.1) is 6.61 Å². The quantitative estimate of drug-likeness (QED) is 0.617. The van der Waals surface area contributed by atoms with Gasteiger partial charge in [-0.3, -0.25) is 4.79 Å². The van der Waals surface area contributed by atoms with Gasteiger partial charge in [0.2, 0.25) is 0 Å². The van der Waals surface area contributed by atoms with E-state index in [1.807, 2.05) is 13.8 Å². The van der Waals surface area contributed by atoms with Crippen molar-refractivity contribution >= 4 is 29.2 Å². The summed E-state index contributed by atoms with van der Waals surface area (Å²) in [5.41, 5.74) is 6.31. The molecule has 1 aromatic rings. The number of nitrogens with two attached hydrogens (primary N) is 1. The zero-order valence-corrected chi connectivity index (χ0v) is 12.9. The average molecular weight is 321 g/mol. The largest absolute Gasteiger partial charge is 0.460 e. The summed E-state index contributed by atoms with van der Waals surface area (Å²) in [7, 11) is 0. The SMILES string of the molecule is CC(C)COC[C@H](N)C(=O)OCc1cc(Cl)nc(Cl)c1. The average Bonchev–Trinajstić information content (AvgIpc) is 2.34. The summed E-state index contributed by atoms with van der Waals surface area (Å²) in [4.78, 5) is 15.5. The summed E-state index contributed by atoms with van der Waals surface area (Å²) in [6, 6.07) is 2.34. The van der Waals surface area contributed by atoms with E-state index < -0.39 is 12.0 Å². The first kappa shape index (κ1) is 17.2. The first-order chi connectivity index (χ1) is 9.38. The zero-order chi connectivity index (χ0) is 15.1. The summed E-state index contributed by atoms with van der Waals surface area (Å²) in [6.07, 6.45) is 0. The highest BCUT2D eigenvalue weighted by atomic mass is 35.5. The minimum absolute atomic E-state index is 0.0404. The summed E-state index contributed by atoms with van der Waals surface area (Å²) in [6.45, 7) is 4.76. The van der Waals surface area contributed by atoms with Crippen LogP contribution in [0.25, 0.3) is 0 Å². The molecule has 5 nitrogen and oxygen atoms in total. The van der Waals surface area contributed by atoms with E-state index in [-0.39, 0.29) is 23.5 Å². The monoisotopic (exact) mass is 320 g/mol. The molecular weight excluding hydrogens is 303 g/mol. The van der Waals surface area contributed by atoms with E-state index in [9.17, 15) is 4.79 Å². The molecule has 20 heavy (non-hydrogen) atoms. The van der Waals surface area contributed by atoms with Gasteiger partial charge in [0.15, 0.2) is 0 Å². The Morgan fingerprint density at radius 3 is 2.45 bits per heavy atom. The van der Waals surface area contributed by atoms with Gasteiger partial charge in [-0.15, -0.1) is 0 Å². The van der Waals surface area contributed by atoms with Crippen molar-refractivity contribution < 1.29 is 14.3 Å². The molecule has 0 saturated carbocycles.